The van der Waals surface area contributed by atoms with Gasteiger partial charge in [-0.3, -0.25) is 4.99 Å². The van der Waals surface area contributed by atoms with Crippen LogP contribution in [0.2, 0.25) is 0 Å². The Morgan fingerprint density at radius 3 is 3.00 bits per heavy atom. The van der Waals surface area contributed by atoms with E-state index in [1.54, 1.807) is 13.2 Å². The Kier molecular flexibility index (Phi) is 4.16. The first-order valence-electron chi connectivity index (χ1n) is 7.44. The van der Waals surface area contributed by atoms with Crippen LogP contribution in [-0.2, 0) is 4.74 Å². The molecule has 0 aromatic heterocycles. The van der Waals surface area contributed by atoms with E-state index >= 15 is 0 Å². The zero-order valence-corrected chi connectivity index (χ0v) is 14.4. The fourth-order valence-corrected chi connectivity index (χ4v) is 4.13. The van der Waals surface area contributed by atoms with E-state index in [-0.39, 0.29) is 17.8 Å². The quantitative estimate of drug-likeness (QED) is 0.831. The van der Waals surface area contributed by atoms with Crippen molar-refractivity contribution in [3.63, 3.8) is 0 Å². The molecule has 4 nitrogen and oxygen atoms in total. The standard InChI is InChI=1S/C16H21BrFN3O/c1-10-5-14-15(19)20-16(9-22-2,8-21(14)7-10)12-6-11(17)3-4-13(12)18/h3-4,7,12,14H,5-6,8-9H2,1-2H3,(H2,19,20)/t12-,14-,16+/m1/s1. The van der Waals surface area contributed by atoms with Gasteiger partial charge in [-0.25, -0.2) is 4.39 Å². The maximum atomic E-state index is 14.5. The van der Waals surface area contributed by atoms with Gasteiger partial charge in [0.2, 0.25) is 0 Å². The van der Waals surface area contributed by atoms with Crippen LogP contribution >= 0.6 is 15.9 Å². The Hall–Kier alpha value is -1.14. The average Bonchev–Trinajstić information content (AvgIpc) is 2.82. The third-order valence-electron chi connectivity index (χ3n) is 4.65. The average molecular weight is 370 g/mol. The lowest BCUT2D eigenvalue weighted by atomic mass is 9.78. The first kappa shape index (κ1) is 15.7. The minimum absolute atomic E-state index is 0.111. The molecule has 0 radical (unpaired) electrons. The van der Waals surface area contributed by atoms with Crippen LogP contribution in [0.4, 0.5) is 4.39 Å². The SMILES string of the molecule is COC[C@]1([C@@H]2CC(Br)=CC=C2F)CN2C=C(C)C[C@@H]2C(N)=N1. The van der Waals surface area contributed by atoms with E-state index in [9.17, 15) is 4.39 Å². The van der Waals surface area contributed by atoms with E-state index in [0.29, 0.717) is 25.4 Å². The molecule has 0 amide bonds. The van der Waals surface area contributed by atoms with Gasteiger partial charge in [0, 0.05) is 19.6 Å². The van der Waals surface area contributed by atoms with Crippen LogP contribution in [-0.4, -0.2) is 42.6 Å². The zero-order chi connectivity index (χ0) is 15.9. The molecule has 0 saturated carbocycles. The Labute approximate surface area is 138 Å². The Morgan fingerprint density at radius 1 is 1.50 bits per heavy atom. The summed E-state index contributed by atoms with van der Waals surface area (Å²) >= 11 is 3.48. The molecule has 22 heavy (non-hydrogen) atoms. The van der Waals surface area contributed by atoms with Crippen LogP contribution < -0.4 is 5.73 Å². The van der Waals surface area contributed by atoms with Crippen LogP contribution in [0.1, 0.15) is 19.8 Å². The first-order chi connectivity index (χ1) is 10.4. The maximum Gasteiger partial charge on any atom is 0.118 e. The summed E-state index contributed by atoms with van der Waals surface area (Å²) in [6.45, 7) is 3.05. The molecule has 0 unspecified atom stereocenters. The Morgan fingerprint density at radius 2 is 2.27 bits per heavy atom. The Balaban J connectivity index is 1.99. The number of nitrogens with zero attached hydrogens (tertiary/aromatic N) is 2. The molecule has 2 aliphatic heterocycles. The van der Waals surface area contributed by atoms with E-state index in [2.05, 4.69) is 34.0 Å². The van der Waals surface area contributed by atoms with Crippen molar-refractivity contribution in [2.75, 3.05) is 20.3 Å². The molecule has 0 saturated heterocycles. The maximum absolute atomic E-state index is 14.5. The van der Waals surface area contributed by atoms with Crippen LogP contribution in [0.5, 0.6) is 0 Å². The van der Waals surface area contributed by atoms with Gasteiger partial charge in [-0.1, -0.05) is 21.5 Å². The van der Waals surface area contributed by atoms with E-state index in [0.717, 1.165) is 10.9 Å². The van der Waals surface area contributed by atoms with Crippen LogP contribution in [0.3, 0.4) is 0 Å². The van der Waals surface area contributed by atoms with Gasteiger partial charge in [0.05, 0.1) is 12.6 Å². The van der Waals surface area contributed by atoms with Gasteiger partial charge in [0.1, 0.15) is 17.2 Å². The molecule has 6 heteroatoms. The summed E-state index contributed by atoms with van der Waals surface area (Å²) in [5, 5.41) is 0. The summed E-state index contributed by atoms with van der Waals surface area (Å²) in [7, 11) is 1.62. The van der Waals surface area contributed by atoms with Crippen LogP contribution in [0.15, 0.2) is 39.2 Å². The number of allylic oxidation sites excluding steroid dienone is 3. The molecular formula is C16H21BrFN3O. The number of rotatable bonds is 3. The van der Waals surface area contributed by atoms with Crippen molar-refractivity contribution in [3.05, 3.63) is 34.2 Å². The predicted molar refractivity (Wildman–Crippen MR) is 89.4 cm³/mol. The van der Waals surface area contributed by atoms with E-state index in [1.807, 2.05) is 0 Å². The second kappa shape index (κ2) is 5.81. The largest absolute Gasteiger partial charge is 0.386 e. The van der Waals surface area contributed by atoms with E-state index in [1.165, 1.54) is 11.6 Å². The number of fused-ring (bicyclic) bond motifs is 1. The van der Waals surface area contributed by atoms with Gasteiger partial charge < -0.3 is 15.4 Å². The molecule has 3 atom stereocenters. The number of hydrogen-bond acceptors (Lipinski definition) is 4. The topological polar surface area (TPSA) is 50.9 Å². The number of halogens is 2. The summed E-state index contributed by atoms with van der Waals surface area (Å²) in [4.78, 5) is 6.95. The van der Waals surface area contributed by atoms with E-state index < -0.39 is 5.54 Å². The van der Waals surface area contributed by atoms with Crippen molar-refractivity contribution in [1.82, 2.24) is 4.90 Å². The monoisotopic (exact) mass is 369 g/mol. The Bertz CT molecular complexity index is 598. The van der Waals surface area contributed by atoms with Crippen molar-refractivity contribution in [3.8, 4) is 0 Å². The normalized spacial score (nSPS) is 34.6. The second-order valence-electron chi connectivity index (χ2n) is 6.36. The number of amidine groups is 1. The summed E-state index contributed by atoms with van der Waals surface area (Å²) in [5.41, 5.74) is 6.81. The third kappa shape index (κ3) is 2.63. The molecule has 0 aromatic carbocycles. The fraction of sp³-hybridized carbons (Fsp3) is 0.562. The molecule has 2 N–H and O–H groups in total. The highest BCUT2D eigenvalue weighted by atomic mass is 79.9. The van der Waals surface area contributed by atoms with Crippen LogP contribution in [0, 0.1) is 5.92 Å². The molecule has 120 valence electrons. The van der Waals surface area contributed by atoms with Gasteiger partial charge in [-0.05, 0) is 42.6 Å². The molecule has 0 aromatic rings. The van der Waals surface area contributed by atoms with Crippen LogP contribution in [0.25, 0.3) is 0 Å². The molecule has 0 fully saturated rings. The fourth-order valence-electron chi connectivity index (χ4n) is 3.67. The van der Waals surface area contributed by atoms with Gasteiger partial charge in [-0.15, -0.1) is 0 Å². The lowest BCUT2D eigenvalue weighted by Gasteiger charge is -2.45. The van der Waals surface area contributed by atoms with Gasteiger partial charge >= 0.3 is 0 Å². The van der Waals surface area contributed by atoms with Gasteiger partial charge in [-0.2, -0.15) is 0 Å². The van der Waals surface area contributed by atoms with Crippen molar-refractivity contribution in [2.24, 2.45) is 16.6 Å². The summed E-state index contributed by atoms with van der Waals surface area (Å²) < 4.78 is 20.9. The number of nitrogens with two attached hydrogens (primary N) is 1. The molecule has 3 aliphatic rings. The minimum Gasteiger partial charge on any atom is -0.386 e. The summed E-state index contributed by atoms with van der Waals surface area (Å²) in [5.74, 6) is 0.0608. The molecular weight excluding hydrogens is 349 g/mol. The number of aliphatic imine (C=N–C) groups is 1. The smallest absolute Gasteiger partial charge is 0.118 e. The van der Waals surface area contributed by atoms with Crippen molar-refractivity contribution in [2.45, 2.75) is 31.3 Å². The highest BCUT2D eigenvalue weighted by Gasteiger charge is 2.48. The third-order valence-corrected chi connectivity index (χ3v) is 5.24. The number of ether oxygens (including phenoxy) is 1. The molecule has 1 aliphatic carbocycles. The van der Waals surface area contributed by atoms with Gasteiger partial charge in [0.15, 0.2) is 0 Å². The summed E-state index contributed by atoms with van der Waals surface area (Å²) in [6.07, 6.45) is 6.85. The van der Waals surface area contributed by atoms with Crippen molar-refractivity contribution < 1.29 is 9.13 Å². The van der Waals surface area contributed by atoms with E-state index in [4.69, 9.17) is 15.5 Å². The second-order valence-corrected chi connectivity index (χ2v) is 7.38. The zero-order valence-electron chi connectivity index (χ0n) is 12.9. The minimum atomic E-state index is -0.690. The molecule has 3 rings (SSSR count). The van der Waals surface area contributed by atoms with Gasteiger partial charge in [0.25, 0.3) is 0 Å². The summed E-state index contributed by atoms with van der Waals surface area (Å²) in [6, 6.07) is 0.111. The lowest BCUT2D eigenvalue weighted by molar-refractivity contribution is 0.0698. The lowest BCUT2D eigenvalue weighted by Crippen LogP contribution is -2.58. The highest BCUT2D eigenvalue weighted by molar-refractivity contribution is 9.11. The number of hydrogen-bond donors (Lipinski definition) is 1. The molecule has 0 bridgehead atoms. The first-order valence-corrected chi connectivity index (χ1v) is 8.23. The predicted octanol–water partition coefficient (Wildman–Crippen LogP) is 2.87. The molecule has 2 heterocycles. The highest BCUT2D eigenvalue weighted by Crippen LogP contribution is 2.42. The van der Waals surface area contributed by atoms with Crippen molar-refractivity contribution in [1.29, 1.82) is 0 Å². The number of methoxy groups -OCH3 is 1. The molecule has 0 spiro atoms. The van der Waals surface area contributed by atoms with Crippen molar-refractivity contribution >= 4 is 21.8 Å².